The minimum Gasteiger partial charge on any atom is -0.454 e. The largest absolute Gasteiger partial charge is 0.454 e. The Balaban J connectivity index is 1.48. The van der Waals surface area contributed by atoms with Gasteiger partial charge >= 0.3 is 0 Å². The van der Waals surface area contributed by atoms with Crippen LogP contribution in [0.4, 0.5) is 0 Å². The summed E-state index contributed by atoms with van der Waals surface area (Å²) in [6.45, 7) is 0.546. The molecule has 138 valence electrons. The highest BCUT2D eigenvalue weighted by Crippen LogP contribution is 2.32. The number of carbonyl (C=O) groups excluding carboxylic acids is 2. The first-order valence-electron chi connectivity index (χ1n) is 8.19. The maximum atomic E-state index is 12.2. The highest BCUT2D eigenvalue weighted by atomic mass is 32.1. The van der Waals surface area contributed by atoms with Crippen LogP contribution < -0.4 is 20.1 Å². The van der Waals surface area contributed by atoms with E-state index in [0.717, 1.165) is 0 Å². The fraction of sp³-hybridized carbons (Fsp3) is 0.333. The van der Waals surface area contributed by atoms with Crippen molar-refractivity contribution >= 4 is 23.2 Å². The Morgan fingerprint density at radius 2 is 2.00 bits per heavy atom. The minimum absolute atomic E-state index is 0.0855. The molecule has 2 heterocycles. The molecule has 0 radical (unpaired) electrons. The molecule has 1 aromatic heterocycles. The van der Waals surface area contributed by atoms with Crippen molar-refractivity contribution in [1.82, 2.24) is 15.5 Å². The van der Waals surface area contributed by atoms with E-state index in [2.05, 4.69) is 15.5 Å². The first kappa shape index (κ1) is 18.2. The number of ether oxygens (including phenoxy) is 2. The molecule has 1 aromatic carbocycles. The van der Waals surface area contributed by atoms with Crippen molar-refractivity contribution in [2.75, 3.05) is 34.0 Å². The summed E-state index contributed by atoms with van der Waals surface area (Å²) in [5.74, 6) is 0.581. The zero-order valence-electron chi connectivity index (χ0n) is 14.7. The molecule has 1 aliphatic rings. The molecule has 2 aromatic rings. The number of benzene rings is 1. The van der Waals surface area contributed by atoms with Gasteiger partial charge in [-0.2, -0.15) is 0 Å². The van der Waals surface area contributed by atoms with E-state index in [1.54, 1.807) is 29.5 Å². The van der Waals surface area contributed by atoms with Crippen LogP contribution in [0.25, 0.3) is 0 Å². The van der Waals surface area contributed by atoms with Gasteiger partial charge in [-0.3, -0.25) is 9.59 Å². The lowest BCUT2D eigenvalue weighted by Gasteiger charge is -2.23. The fourth-order valence-electron chi connectivity index (χ4n) is 2.59. The van der Waals surface area contributed by atoms with Crippen LogP contribution in [-0.4, -0.2) is 50.7 Å². The van der Waals surface area contributed by atoms with Gasteiger partial charge in [0, 0.05) is 17.0 Å². The molecular weight excluding hydrogens is 354 g/mol. The molecule has 1 atom stereocenters. The molecule has 0 fully saturated rings. The van der Waals surface area contributed by atoms with Crippen molar-refractivity contribution in [3.63, 3.8) is 0 Å². The SMILES string of the molecule is CN(C)C(CNC(=O)CNC(=O)c1ccc2c(c1)OCO2)c1cccs1. The smallest absolute Gasteiger partial charge is 0.251 e. The highest BCUT2D eigenvalue weighted by molar-refractivity contribution is 7.10. The number of rotatable bonds is 7. The van der Waals surface area contributed by atoms with E-state index in [0.29, 0.717) is 23.6 Å². The quantitative estimate of drug-likeness (QED) is 0.769. The molecule has 2 N–H and O–H groups in total. The Morgan fingerprint density at radius 1 is 1.19 bits per heavy atom. The van der Waals surface area contributed by atoms with Gasteiger partial charge in [-0.05, 0) is 43.7 Å². The zero-order valence-corrected chi connectivity index (χ0v) is 15.5. The lowest BCUT2D eigenvalue weighted by atomic mass is 10.2. The molecule has 0 aliphatic carbocycles. The Hall–Kier alpha value is -2.58. The van der Waals surface area contributed by atoms with E-state index >= 15 is 0 Å². The number of likely N-dealkylation sites (N-methyl/N-ethyl adjacent to an activating group) is 1. The normalized spacial score (nSPS) is 13.5. The van der Waals surface area contributed by atoms with Gasteiger partial charge in [-0.1, -0.05) is 6.07 Å². The average Bonchev–Trinajstić information content (AvgIpc) is 3.30. The van der Waals surface area contributed by atoms with Gasteiger partial charge in [-0.15, -0.1) is 11.3 Å². The predicted octanol–water partition coefficient (Wildman–Crippen LogP) is 1.63. The van der Waals surface area contributed by atoms with Crippen LogP contribution in [0, 0.1) is 0 Å². The molecule has 26 heavy (non-hydrogen) atoms. The molecule has 1 aliphatic heterocycles. The van der Waals surface area contributed by atoms with Crippen molar-refractivity contribution in [1.29, 1.82) is 0 Å². The summed E-state index contributed by atoms with van der Waals surface area (Å²) in [5.41, 5.74) is 0.423. The summed E-state index contributed by atoms with van der Waals surface area (Å²) >= 11 is 1.65. The van der Waals surface area contributed by atoms with Crippen LogP contribution in [0.1, 0.15) is 21.3 Å². The highest BCUT2D eigenvalue weighted by Gasteiger charge is 2.18. The maximum Gasteiger partial charge on any atom is 0.251 e. The van der Waals surface area contributed by atoms with Gasteiger partial charge in [0.05, 0.1) is 12.6 Å². The van der Waals surface area contributed by atoms with Crippen LogP contribution in [0.15, 0.2) is 35.7 Å². The van der Waals surface area contributed by atoms with Crippen molar-refractivity contribution in [3.05, 3.63) is 46.2 Å². The molecule has 7 nitrogen and oxygen atoms in total. The molecule has 0 bridgehead atoms. The van der Waals surface area contributed by atoms with Crippen molar-refractivity contribution in [2.45, 2.75) is 6.04 Å². The second-order valence-corrected chi connectivity index (χ2v) is 7.03. The number of hydrogen-bond donors (Lipinski definition) is 2. The summed E-state index contributed by atoms with van der Waals surface area (Å²) in [4.78, 5) is 27.5. The molecule has 2 amide bonds. The van der Waals surface area contributed by atoms with Crippen molar-refractivity contribution < 1.29 is 19.1 Å². The first-order chi connectivity index (χ1) is 12.5. The Kier molecular flexibility index (Phi) is 5.75. The summed E-state index contributed by atoms with van der Waals surface area (Å²) in [6.07, 6.45) is 0. The zero-order chi connectivity index (χ0) is 18.5. The topological polar surface area (TPSA) is 79.9 Å². The number of amides is 2. The van der Waals surface area contributed by atoms with E-state index in [4.69, 9.17) is 9.47 Å². The van der Waals surface area contributed by atoms with E-state index in [9.17, 15) is 9.59 Å². The van der Waals surface area contributed by atoms with Crippen LogP contribution in [0.2, 0.25) is 0 Å². The fourth-order valence-corrected chi connectivity index (χ4v) is 3.51. The van der Waals surface area contributed by atoms with Gasteiger partial charge in [0.25, 0.3) is 5.91 Å². The number of nitrogens with one attached hydrogen (secondary N) is 2. The van der Waals surface area contributed by atoms with Crippen LogP contribution in [0.3, 0.4) is 0 Å². The number of nitrogens with zero attached hydrogens (tertiary/aromatic N) is 1. The monoisotopic (exact) mass is 375 g/mol. The Labute approximate surface area is 155 Å². The second kappa shape index (κ2) is 8.20. The predicted molar refractivity (Wildman–Crippen MR) is 98.7 cm³/mol. The molecule has 0 saturated carbocycles. The third-order valence-electron chi connectivity index (χ3n) is 4.03. The van der Waals surface area contributed by atoms with E-state index in [1.807, 2.05) is 31.6 Å². The van der Waals surface area contributed by atoms with Gasteiger partial charge < -0.3 is 25.0 Å². The first-order valence-corrected chi connectivity index (χ1v) is 9.07. The number of thiophene rings is 1. The summed E-state index contributed by atoms with van der Waals surface area (Å²) in [5, 5.41) is 7.50. The van der Waals surface area contributed by atoms with Gasteiger partial charge in [0.1, 0.15) is 0 Å². The van der Waals surface area contributed by atoms with E-state index in [-0.39, 0.29) is 31.2 Å². The third-order valence-corrected chi connectivity index (χ3v) is 5.01. The van der Waals surface area contributed by atoms with E-state index in [1.165, 1.54) is 4.88 Å². The second-order valence-electron chi connectivity index (χ2n) is 6.05. The van der Waals surface area contributed by atoms with E-state index < -0.39 is 0 Å². The van der Waals surface area contributed by atoms with Crippen molar-refractivity contribution in [2.24, 2.45) is 0 Å². The molecule has 3 rings (SSSR count). The standard InChI is InChI=1S/C18H21N3O4S/c1-21(2)13(16-4-3-7-26-16)9-19-17(22)10-20-18(23)12-5-6-14-15(8-12)25-11-24-14/h3-8,13H,9-11H2,1-2H3,(H,19,22)(H,20,23). The van der Waals surface area contributed by atoms with Crippen molar-refractivity contribution in [3.8, 4) is 11.5 Å². The lowest BCUT2D eigenvalue weighted by Crippen LogP contribution is -2.40. The number of carbonyl (C=O) groups is 2. The van der Waals surface area contributed by atoms with Crippen LogP contribution >= 0.6 is 11.3 Å². The molecule has 1 unspecified atom stereocenters. The Morgan fingerprint density at radius 3 is 2.73 bits per heavy atom. The molecule has 8 heteroatoms. The van der Waals surface area contributed by atoms with Crippen LogP contribution in [-0.2, 0) is 4.79 Å². The third kappa shape index (κ3) is 4.33. The molecule has 0 spiro atoms. The average molecular weight is 375 g/mol. The van der Waals surface area contributed by atoms with Gasteiger partial charge in [0.2, 0.25) is 12.7 Å². The number of hydrogen-bond acceptors (Lipinski definition) is 6. The summed E-state index contributed by atoms with van der Waals surface area (Å²) in [6, 6.07) is 9.06. The molecular formula is C18H21N3O4S. The summed E-state index contributed by atoms with van der Waals surface area (Å²) < 4.78 is 10.5. The van der Waals surface area contributed by atoms with Gasteiger partial charge in [-0.25, -0.2) is 0 Å². The maximum absolute atomic E-state index is 12.2. The Bertz CT molecular complexity index is 777. The molecule has 0 saturated heterocycles. The van der Waals surface area contributed by atoms with Crippen LogP contribution in [0.5, 0.6) is 11.5 Å². The number of fused-ring (bicyclic) bond motifs is 1. The lowest BCUT2D eigenvalue weighted by molar-refractivity contribution is -0.120. The van der Waals surface area contributed by atoms with Gasteiger partial charge in [0.15, 0.2) is 11.5 Å². The minimum atomic E-state index is -0.333. The summed E-state index contributed by atoms with van der Waals surface area (Å²) in [7, 11) is 3.94.